The minimum atomic E-state index is 0.685. The summed E-state index contributed by atoms with van der Waals surface area (Å²) >= 11 is 0. The average Bonchev–Trinajstić information content (AvgIpc) is 2.76. The van der Waals surface area contributed by atoms with Crippen molar-refractivity contribution in [2.75, 3.05) is 25.9 Å². The molecule has 4 heteroatoms. The Hall–Kier alpha value is -1.71. The molecule has 0 saturated heterocycles. The maximum Gasteiger partial charge on any atom is 0.144 e. The van der Waals surface area contributed by atoms with Gasteiger partial charge in [-0.2, -0.15) is 0 Å². The van der Waals surface area contributed by atoms with E-state index >= 15 is 0 Å². The predicted molar refractivity (Wildman–Crippen MR) is 66.2 cm³/mol. The highest BCUT2D eigenvalue weighted by Gasteiger charge is 2.12. The van der Waals surface area contributed by atoms with E-state index in [2.05, 4.69) is 10.3 Å². The molecule has 0 saturated carbocycles. The lowest BCUT2D eigenvalue weighted by Crippen LogP contribution is -2.21. The van der Waals surface area contributed by atoms with Crippen molar-refractivity contribution >= 4 is 11.5 Å². The zero-order valence-corrected chi connectivity index (χ0v) is 9.71. The number of ether oxygens (including phenoxy) is 1. The Labute approximate surface area is 95.5 Å². The van der Waals surface area contributed by atoms with E-state index in [0.29, 0.717) is 5.69 Å². The molecule has 1 aromatic rings. The fourth-order valence-corrected chi connectivity index (χ4v) is 1.96. The van der Waals surface area contributed by atoms with Crippen LogP contribution in [0.25, 0.3) is 0 Å². The Morgan fingerprint density at radius 2 is 2.31 bits per heavy atom. The van der Waals surface area contributed by atoms with Gasteiger partial charge in [-0.05, 0) is 24.1 Å². The van der Waals surface area contributed by atoms with Gasteiger partial charge < -0.3 is 15.8 Å². The Balaban J connectivity index is 2.27. The van der Waals surface area contributed by atoms with Crippen molar-refractivity contribution in [1.29, 1.82) is 0 Å². The van der Waals surface area contributed by atoms with Crippen molar-refractivity contribution in [2.24, 2.45) is 4.99 Å². The summed E-state index contributed by atoms with van der Waals surface area (Å²) < 4.78 is 5.30. The Morgan fingerprint density at radius 3 is 2.94 bits per heavy atom. The number of methoxy groups -OCH3 is 1. The predicted octanol–water partition coefficient (Wildman–Crippen LogP) is 1.13. The zero-order valence-electron chi connectivity index (χ0n) is 9.71. The first-order valence-electron chi connectivity index (χ1n) is 5.41. The highest BCUT2D eigenvalue weighted by Crippen LogP contribution is 2.28. The van der Waals surface area contributed by atoms with E-state index in [1.54, 1.807) is 7.11 Å². The van der Waals surface area contributed by atoms with Gasteiger partial charge in [-0.25, -0.2) is 0 Å². The van der Waals surface area contributed by atoms with E-state index in [1.807, 2.05) is 19.1 Å². The molecule has 0 atom stereocenters. The van der Waals surface area contributed by atoms with Crippen LogP contribution in [0, 0.1) is 6.92 Å². The maximum absolute atomic E-state index is 5.84. The second-order valence-electron chi connectivity index (χ2n) is 3.90. The number of hydrogen-bond donors (Lipinski definition) is 2. The number of nitrogens with one attached hydrogen (secondary N) is 1. The summed E-state index contributed by atoms with van der Waals surface area (Å²) in [5, 5.41) is 3.26. The minimum Gasteiger partial charge on any atom is -0.494 e. The first-order chi connectivity index (χ1) is 7.72. The number of aliphatic imine (C=N–C) groups is 1. The van der Waals surface area contributed by atoms with Gasteiger partial charge in [0.15, 0.2) is 0 Å². The van der Waals surface area contributed by atoms with Gasteiger partial charge >= 0.3 is 0 Å². The first kappa shape index (κ1) is 10.8. The van der Waals surface area contributed by atoms with Gasteiger partial charge in [0.1, 0.15) is 11.6 Å². The monoisotopic (exact) mass is 219 g/mol. The van der Waals surface area contributed by atoms with Crippen LogP contribution in [0.3, 0.4) is 0 Å². The zero-order chi connectivity index (χ0) is 11.5. The molecular weight excluding hydrogens is 202 g/mol. The molecular formula is C12H17N3O. The molecule has 0 unspecified atom stereocenters. The molecule has 1 aliphatic rings. The van der Waals surface area contributed by atoms with Gasteiger partial charge in [0.25, 0.3) is 0 Å². The number of nitrogen functional groups attached to an aromatic ring is 1. The van der Waals surface area contributed by atoms with Crippen LogP contribution in [-0.4, -0.2) is 26.0 Å². The lowest BCUT2D eigenvalue weighted by atomic mass is 10.0. The Morgan fingerprint density at radius 1 is 1.50 bits per heavy atom. The third kappa shape index (κ3) is 1.96. The van der Waals surface area contributed by atoms with Crippen LogP contribution in [0.4, 0.5) is 5.69 Å². The van der Waals surface area contributed by atoms with Crippen LogP contribution in [0.15, 0.2) is 17.1 Å². The first-order valence-corrected chi connectivity index (χ1v) is 5.41. The van der Waals surface area contributed by atoms with E-state index < -0.39 is 0 Å². The van der Waals surface area contributed by atoms with Gasteiger partial charge in [-0.15, -0.1) is 0 Å². The van der Waals surface area contributed by atoms with Crippen molar-refractivity contribution in [3.05, 3.63) is 23.3 Å². The summed E-state index contributed by atoms with van der Waals surface area (Å²) in [5.41, 5.74) is 8.83. The van der Waals surface area contributed by atoms with Crippen LogP contribution < -0.4 is 15.8 Å². The number of hydrogen-bond acceptors (Lipinski definition) is 4. The Kier molecular flexibility index (Phi) is 2.99. The maximum atomic E-state index is 5.84. The summed E-state index contributed by atoms with van der Waals surface area (Å²) in [6.45, 7) is 3.85. The third-order valence-corrected chi connectivity index (χ3v) is 2.85. The molecule has 2 rings (SSSR count). The number of amidine groups is 1. The van der Waals surface area contributed by atoms with Gasteiger partial charge in [-0.3, -0.25) is 4.99 Å². The van der Waals surface area contributed by atoms with Crippen molar-refractivity contribution in [2.45, 2.75) is 13.3 Å². The van der Waals surface area contributed by atoms with Gasteiger partial charge in [0.2, 0.25) is 0 Å². The van der Waals surface area contributed by atoms with Crippen LogP contribution in [0.1, 0.15) is 11.1 Å². The van der Waals surface area contributed by atoms with Gasteiger partial charge in [-0.1, -0.05) is 6.07 Å². The molecule has 16 heavy (non-hydrogen) atoms. The van der Waals surface area contributed by atoms with Crippen LogP contribution in [0.5, 0.6) is 5.75 Å². The average molecular weight is 219 g/mol. The fraction of sp³-hybridized carbons (Fsp3) is 0.417. The summed E-state index contributed by atoms with van der Waals surface area (Å²) in [4.78, 5) is 4.38. The highest BCUT2D eigenvalue weighted by molar-refractivity contribution is 5.86. The number of nitrogens with two attached hydrogens (primary N) is 1. The van der Waals surface area contributed by atoms with E-state index in [4.69, 9.17) is 10.5 Å². The summed E-state index contributed by atoms with van der Waals surface area (Å²) in [6, 6.07) is 3.92. The van der Waals surface area contributed by atoms with E-state index in [1.165, 1.54) is 5.56 Å². The molecule has 0 bridgehead atoms. The summed E-state index contributed by atoms with van der Waals surface area (Å²) in [6.07, 6.45) is 0.822. The van der Waals surface area contributed by atoms with Crippen molar-refractivity contribution < 1.29 is 4.74 Å². The lowest BCUT2D eigenvalue weighted by Gasteiger charge is -2.12. The van der Waals surface area contributed by atoms with Crippen LogP contribution >= 0.6 is 0 Å². The fourth-order valence-electron chi connectivity index (χ4n) is 1.96. The topological polar surface area (TPSA) is 59.6 Å². The standard InChI is InChI=1S/C12H17N3O/c1-8-9(7-11-14-5-6-15-11)3-4-10(13)12(8)16-2/h3-4H,5-7,13H2,1-2H3,(H,14,15). The van der Waals surface area contributed by atoms with Gasteiger partial charge in [0, 0.05) is 13.0 Å². The molecule has 1 aromatic carbocycles. The van der Waals surface area contributed by atoms with Crippen molar-refractivity contribution in [3.8, 4) is 5.75 Å². The molecule has 0 spiro atoms. The number of rotatable bonds is 3. The molecule has 0 radical (unpaired) electrons. The second-order valence-corrected chi connectivity index (χ2v) is 3.90. The molecule has 4 nitrogen and oxygen atoms in total. The van der Waals surface area contributed by atoms with E-state index in [-0.39, 0.29) is 0 Å². The van der Waals surface area contributed by atoms with E-state index in [9.17, 15) is 0 Å². The van der Waals surface area contributed by atoms with Crippen molar-refractivity contribution in [1.82, 2.24) is 5.32 Å². The molecule has 0 aromatic heterocycles. The number of anilines is 1. The normalized spacial score (nSPS) is 14.5. The smallest absolute Gasteiger partial charge is 0.144 e. The quantitative estimate of drug-likeness (QED) is 0.749. The lowest BCUT2D eigenvalue weighted by molar-refractivity contribution is 0.413. The molecule has 1 aliphatic heterocycles. The molecule has 0 fully saturated rings. The molecule has 0 aliphatic carbocycles. The highest BCUT2D eigenvalue weighted by atomic mass is 16.5. The molecule has 0 amide bonds. The molecule has 1 heterocycles. The van der Waals surface area contributed by atoms with Gasteiger partial charge in [0.05, 0.1) is 19.3 Å². The largest absolute Gasteiger partial charge is 0.494 e. The van der Waals surface area contributed by atoms with Crippen LogP contribution in [-0.2, 0) is 6.42 Å². The second kappa shape index (κ2) is 4.43. The molecule has 86 valence electrons. The Bertz CT molecular complexity index is 427. The van der Waals surface area contributed by atoms with Crippen LogP contribution in [0.2, 0.25) is 0 Å². The minimum absolute atomic E-state index is 0.685. The van der Waals surface area contributed by atoms with E-state index in [0.717, 1.165) is 36.7 Å². The summed E-state index contributed by atoms with van der Waals surface area (Å²) in [5.74, 6) is 1.83. The number of benzene rings is 1. The SMILES string of the molecule is COc1c(N)ccc(CC2=NCCN2)c1C. The number of nitrogens with zero attached hydrogens (tertiary/aromatic N) is 1. The van der Waals surface area contributed by atoms with Crippen molar-refractivity contribution in [3.63, 3.8) is 0 Å². The third-order valence-electron chi connectivity index (χ3n) is 2.85. The summed E-state index contributed by atoms with van der Waals surface area (Å²) in [7, 11) is 1.65. The molecule has 3 N–H and O–H groups in total.